The van der Waals surface area contributed by atoms with E-state index in [2.05, 4.69) is 15.9 Å². The molecule has 0 radical (unpaired) electrons. The Hall–Kier alpha value is -0.0900. The maximum atomic E-state index is 10.0. The largest absolute Gasteiger partial charge is 0.481 e. The van der Waals surface area contributed by atoms with Crippen molar-refractivity contribution in [1.82, 2.24) is 0 Å². The lowest BCUT2D eigenvalue weighted by Gasteiger charge is -2.12. The Labute approximate surface area is 68.2 Å². The number of rotatable bonds is 4. The van der Waals surface area contributed by atoms with E-state index in [9.17, 15) is 4.79 Å². The molecule has 0 saturated heterocycles. The Bertz CT molecular complexity index is 116. The third kappa shape index (κ3) is 3.85. The van der Waals surface area contributed by atoms with Gasteiger partial charge < -0.3 is 10.2 Å². The van der Waals surface area contributed by atoms with Crippen LogP contribution in [0.25, 0.3) is 0 Å². The van der Waals surface area contributed by atoms with Crippen LogP contribution in [0.15, 0.2) is 0 Å². The van der Waals surface area contributed by atoms with Gasteiger partial charge >= 0.3 is 5.97 Å². The summed E-state index contributed by atoms with van der Waals surface area (Å²) in [5.74, 6) is -0.967. The van der Waals surface area contributed by atoms with Gasteiger partial charge in [-0.05, 0) is 6.42 Å². The summed E-state index contributed by atoms with van der Waals surface area (Å²) in [6, 6.07) is 0. The first-order chi connectivity index (χ1) is 4.57. The Kier molecular flexibility index (Phi) is 4.64. The topological polar surface area (TPSA) is 57.5 Å². The van der Waals surface area contributed by atoms with E-state index in [0.717, 1.165) is 6.42 Å². The first-order valence-electron chi connectivity index (χ1n) is 3.11. The number of halogens is 1. The third-order valence-electron chi connectivity index (χ3n) is 1.19. The number of aliphatic carboxylic acids is 1. The Balaban J connectivity index is 3.61. The van der Waals surface area contributed by atoms with Crippen molar-refractivity contribution in [2.75, 3.05) is 0 Å². The molecule has 4 heteroatoms. The first kappa shape index (κ1) is 9.91. The number of hydrogen-bond acceptors (Lipinski definition) is 2. The fraction of sp³-hybridized carbons (Fsp3) is 0.833. The average Bonchev–Trinajstić information content (AvgIpc) is 1.85. The molecule has 0 spiro atoms. The molecule has 0 rings (SSSR count). The van der Waals surface area contributed by atoms with Gasteiger partial charge in [-0.1, -0.05) is 22.9 Å². The molecule has 2 N–H and O–H groups in total. The molecule has 2 unspecified atom stereocenters. The molecule has 10 heavy (non-hydrogen) atoms. The molecule has 0 bridgehead atoms. The standard InChI is InChI=1S/C6H11BrO3/c1-2-4(7)5(8)3-6(9)10/h4-5,8H,2-3H2,1H3,(H,9,10). The van der Waals surface area contributed by atoms with E-state index in [0.29, 0.717) is 0 Å². The molecule has 3 nitrogen and oxygen atoms in total. The van der Waals surface area contributed by atoms with Crippen molar-refractivity contribution >= 4 is 21.9 Å². The summed E-state index contributed by atoms with van der Waals surface area (Å²) in [6.07, 6.45) is -0.236. The number of carboxylic acids is 1. The Morgan fingerprint density at radius 2 is 2.20 bits per heavy atom. The summed E-state index contributed by atoms with van der Waals surface area (Å²) in [6.45, 7) is 1.88. The van der Waals surface area contributed by atoms with Crippen molar-refractivity contribution in [3.05, 3.63) is 0 Å². The van der Waals surface area contributed by atoms with Crippen LogP contribution in [0.5, 0.6) is 0 Å². The molecule has 0 saturated carbocycles. The predicted molar refractivity (Wildman–Crippen MR) is 41.3 cm³/mol. The lowest BCUT2D eigenvalue weighted by Crippen LogP contribution is -2.22. The quantitative estimate of drug-likeness (QED) is 0.682. The minimum absolute atomic E-state index is 0.108. The minimum atomic E-state index is -0.967. The molecular weight excluding hydrogens is 200 g/mol. The van der Waals surface area contributed by atoms with E-state index in [4.69, 9.17) is 10.2 Å². The van der Waals surface area contributed by atoms with Gasteiger partial charge in [-0.25, -0.2) is 0 Å². The van der Waals surface area contributed by atoms with Gasteiger partial charge in [-0.15, -0.1) is 0 Å². The molecule has 0 heterocycles. The van der Waals surface area contributed by atoms with Crippen LogP contribution < -0.4 is 0 Å². The zero-order chi connectivity index (χ0) is 8.15. The van der Waals surface area contributed by atoms with E-state index in [1.165, 1.54) is 0 Å². The van der Waals surface area contributed by atoms with E-state index in [1.54, 1.807) is 0 Å². The molecular formula is C6H11BrO3. The lowest BCUT2D eigenvalue weighted by molar-refractivity contribution is -0.139. The summed E-state index contributed by atoms with van der Waals surface area (Å²) in [5, 5.41) is 17.3. The average molecular weight is 211 g/mol. The lowest BCUT2D eigenvalue weighted by atomic mass is 10.1. The molecule has 60 valence electrons. The fourth-order valence-electron chi connectivity index (χ4n) is 0.579. The number of carbonyl (C=O) groups is 1. The highest BCUT2D eigenvalue weighted by atomic mass is 79.9. The van der Waals surface area contributed by atoms with Crippen molar-refractivity contribution in [2.24, 2.45) is 0 Å². The normalized spacial score (nSPS) is 16.3. The maximum absolute atomic E-state index is 10.0. The zero-order valence-corrected chi connectivity index (χ0v) is 7.34. The van der Waals surface area contributed by atoms with Crippen LogP contribution in [0.3, 0.4) is 0 Å². The molecule has 0 aromatic carbocycles. The molecule has 0 aromatic rings. The van der Waals surface area contributed by atoms with Crippen molar-refractivity contribution in [1.29, 1.82) is 0 Å². The highest BCUT2D eigenvalue weighted by Gasteiger charge is 2.16. The molecule has 2 atom stereocenters. The van der Waals surface area contributed by atoms with Crippen molar-refractivity contribution in [3.63, 3.8) is 0 Å². The smallest absolute Gasteiger partial charge is 0.306 e. The number of alkyl halides is 1. The molecule has 0 amide bonds. The van der Waals surface area contributed by atoms with Crippen molar-refractivity contribution in [2.45, 2.75) is 30.7 Å². The number of hydrogen-bond donors (Lipinski definition) is 2. The minimum Gasteiger partial charge on any atom is -0.481 e. The van der Waals surface area contributed by atoms with Crippen LogP contribution in [-0.2, 0) is 4.79 Å². The highest BCUT2D eigenvalue weighted by molar-refractivity contribution is 9.09. The maximum Gasteiger partial charge on any atom is 0.306 e. The second-order valence-electron chi connectivity index (χ2n) is 2.09. The van der Waals surface area contributed by atoms with Gasteiger partial charge in [0.15, 0.2) is 0 Å². The van der Waals surface area contributed by atoms with Crippen LogP contribution in [0.1, 0.15) is 19.8 Å². The van der Waals surface area contributed by atoms with Crippen molar-refractivity contribution < 1.29 is 15.0 Å². The van der Waals surface area contributed by atoms with Crippen LogP contribution in [0.4, 0.5) is 0 Å². The van der Waals surface area contributed by atoms with E-state index < -0.39 is 12.1 Å². The molecule has 0 aliphatic carbocycles. The number of aliphatic hydroxyl groups is 1. The van der Waals surface area contributed by atoms with Crippen LogP contribution in [0.2, 0.25) is 0 Å². The van der Waals surface area contributed by atoms with Gasteiger partial charge in [0.25, 0.3) is 0 Å². The van der Waals surface area contributed by atoms with E-state index in [-0.39, 0.29) is 11.2 Å². The van der Waals surface area contributed by atoms with Gasteiger partial charge in [0.05, 0.1) is 12.5 Å². The van der Waals surface area contributed by atoms with Gasteiger partial charge in [-0.3, -0.25) is 4.79 Å². The van der Waals surface area contributed by atoms with Crippen molar-refractivity contribution in [3.8, 4) is 0 Å². The molecule has 0 aliphatic rings. The predicted octanol–water partition coefficient (Wildman–Crippen LogP) is 0.996. The molecule has 0 aliphatic heterocycles. The summed E-state index contributed by atoms with van der Waals surface area (Å²) >= 11 is 3.16. The fourth-order valence-corrected chi connectivity index (χ4v) is 0.766. The van der Waals surface area contributed by atoms with Crippen LogP contribution >= 0.6 is 15.9 Å². The Morgan fingerprint density at radius 1 is 1.70 bits per heavy atom. The SMILES string of the molecule is CCC(Br)C(O)CC(=O)O. The zero-order valence-electron chi connectivity index (χ0n) is 5.75. The second kappa shape index (κ2) is 4.68. The van der Waals surface area contributed by atoms with E-state index >= 15 is 0 Å². The summed E-state index contributed by atoms with van der Waals surface area (Å²) < 4.78 is 0. The summed E-state index contributed by atoms with van der Waals surface area (Å²) in [7, 11) is 0. The van der Waals surface area contributed by atoms with Crippen LogP contribution in [-0.4, -0.2) is 27.1 Å². The Morgan fingerprint density at radius 3 is 2.50 bits per heavy atom. The van der Waals surface area contributed by atoms with Gasteiger partial charge in [0, 0.05) is 4.83 Å². The number of aliphatic hydroxyl groups excluding tert-OH is 1. The first-order valence-corrected chi connectivity index (χ1v) is 4.03. The van der Waals surface area contributed by atoms with Gasteiger partial charge in [-0.2, -0.15) is 0 Å². The van der Waals surface area contributed by atoms with Gasteiger partial charge in [0.2, 0.25) is 0 Å². The third-order valence-corrected chi connectivity index (χ3v) is 2.45. The van der Waals surface area contributed by atoms with Crippen LogP contribution in [0, 0.1) is 0 Å². The van der Waals surface area contributed by atoms with Gasteiger partial charge in [0.1, 0.15) is 0 Å². The summed E-state index contributed by atoms with van der Waals surface area (Å²) in [4.78, 5) is 9.94. The van der Waals surface area contributed by atoms with E-state index in [1.807, 2.05) is 6.92 Å². The highest BCUT2D eigenvalue weighted by Crippen LogP contribution is 2.12. The summed E-state index contributed by atoms with van der Waals surface area (Å²) in [5.41, 5.74) is 0. The number of carboxylic acid groups (broad SMARTS) is 1. The molecule has 0 fully saturated rings. The molecule has 0 aromatic heterocycles. The monoisotopic (exact) mass is 210 g/mol. The second-order valence-corrected chi connectivity index (χ2v) is 3.27.